The molecule has 104 valence electrons. The molecule has 0 saturated carbocycles. The Bertz CT molecular complexity index is 584. The van der Waals surface area contributed by atoms with Gasteiger partial charge in [-0.05, 0) is 46.2 Å². The van der Waals surface area contributed by atoms with Crippen LogP contribution in [0.2, 0.25) is 0 Å². The van der Waals surface area contributed by atoms with Gasteiger partial charge in [0.25, 0.3) is 0 Å². The average Bonchev–Trinajstić information content (AvgIpc) is 2.48. The molecule has 1 aromatic heterocycles. The number of hydrogen-bond donors (Lipinski definition) is 1. The maximum Gasteiger partial charge on any atom is 0.386 e. The lowest BCUT2D eigenvalue weighted by molar-refractivity contribution is -0.388. The van der Waals surface area contributed by atoms with Crippen molar-refractivity contribution in [2.45, 2.75) is 6.42 Å². The van der Waals surface area contributed by atoms with Crippen molar-refractivity contribution in [3.8, 4) is 5.75 Å². The number of rotatable bonds is 6. The number of hydrogen-bond acceptors (Lipinski definition) is 5. The summed E-state index contributed by atoms with van der Waals surface area (Å²) in [6.45, 7) is 0.596. The second-order valence-electron chi connectivity index (χ2n) is 4.16. The first-order valence-corrected chi connectivity index (χ1v) is 6.17. The number of benzene rings is 1. The number of ether oxygens (including phenoxy) is 1. The monoisotopic (exact) mass is 273 g/mol. The van der Waals surface area contributed by atoms with Crippen LogP contribution in [-0.4, -0.2) is 23.6 Å². The molecule has 0 fully saturated rings. The van der Waals surface area contributed by atoms with Crippen LogP contribution < -0.4 is 10.1 Å². The van der Waals surface area contributed by atoms with Crippen LogP contribution in [0.5, 0.6) is 5.75 Å². The smallest absolute Gasteiger partial charge is 0.386 e. The minimum atomic E-state index is -0.490. The molecule has 2 rings (SSSR count). The van der Waals surface area contributed by atoms with E-state index in [-0.39, 0.29) is 5.82 Å². The summed E-state index contributed by atoms with van der Waals surface area (Å²) in [4.78, 5) is 14.1. The van der Waals surface area contributed by atoms with Gasteiger partial charge in [-0.25, -0.2) is 0 Å². The molecular formula is C14H15N3O3. The second-order valence-corrected chi connectivity index (χ2v) is 4.16. The molecule has 1 heterocycles. The molecule has 0 aliphatic carbocycles. The molecule has 0 bridgehead atoms. The molecule has 20 heavy (non-hydrogen) atoms. The van der Waals surface area contributed by atoms with Crippen LogP contribution in [0, 0.1) is 10.1 Å². The lowest BCUT2D eigenvalue weighted by atomic mass is 10.1. The number of nitro groups is 1. The van der Waals surface area contributed by atoms with E-state index in [0.29, 0.717) is 12.2 Å². The fourth-order valence-corrected chi connectivity index (χ4v) is 1.81. The molecule has 0 radical (unpaired) electrons. The first-order chi connectivity index (χ1) is 9.70. The van der Waals surface area contributed by atoms with Gasteiger partial charge in [0.05, 0.1) is 7.11 Å². The Kier molecular flexibility index (Phi) is 4.49. The van der Waals surface area contributed by atoms with Gasteiger partial charge in [0, 0.05) is 6.54 Å². The summed E-state index contributed by atoms with van der Waals surface area (Å²) in [7, 11) is 1.62. The van der Waals surface area contributed by atoms with Crippen LogP contribution in [0.1, 0.15) is 5.56 Å². The van der Waals surface area contributed by atoms with Crippen molar-refractivity contribution in [2.24, 2.45) is 0 Å². The summed E-state index contributed by atoms with van der Waals surface area (Å²) in [6.07, 6.45) is 2.17. The molecule has 0 saturated heterocycles. The molecule has 0 unspecified atom stereocenters. The van der Waals surface area contributed by atoms with Crippen molar-refractivity contribution in [3.05, 3.63) is 58.3 Å². The molecule has 2 aromatic rings. The normalized spacial score (nSPS) is 10.1. The van der Waals surface area contributed by atoms with Crippen molar-refractivity contribution in [1.82, 2.24) is 4.98 Å². The van der Waals surface area contributed by atoms with E-state index in [9.17, 15) is 10.1 Å². The summed E-state index contributed by atoms with van der Waals surface area (Å²) in [5.74, 6) is 0.659. The third kappa shape index (κ3) is 3.44. The van der Waals surface area contributed by atoms with E-state index in [1.54, 1.807) is 19.2 Å². The zero-order chi connectivity index (χ0) is 14.4. The Morgan fingerprint density at radius 2 is 2.05 bits per heavy atom. The summed E-state index contributed by atoms with van der Waals surface area (Å²) in [5.41, 5.74) is 1.57. The molecule has 0 aliphatic heterocycles. The molecule has 0 aliphatic rings. The van der Waals surface area contributed by atoms with Crippen LogP contribution in [0.15, 0.2) is 42.6 Å². The van der Waals surface area contributed by atoms with Crippen LogP contribution >= 0.6 is 0 Å². The van der Waals surface area contributed by atoms with E-state index in [4.69, 9.17) is 4.74 Å². The Morgan fingerprint density at radius 3 is 2.70 bits per heavy atom. The second kappa shape index (κ2) is 6.51. The van der Waals surface area contributed by atoms with Crippen molar-refractivity contribution in [1.29, 1.82) is 0 Å². The van der Waals surface area contributed by atoms with E-state index in [1.807, 2.05) is 24.3 Å². The summed E-state index contributed by atoms with van der Waals surface area (Å²) >= 11 is 0. The van der Waals surface area contributed by atoms with E-state index in [2.05, 4.69) is 10.3 Å². The molecule has 0 atom stereocenters. The third-order valence-electron chi connectivity index (χ3n) is 2.85. The molecule has 1 N–H and O–H groups in total. The number of aromatic nitrogens is 1. The minimum Gasteiger partial charge on any atom is -0.497 e. The number of nitrogens with one attached hydrogen (secondary N) is 1. The van der Waals surface area contributed by atoms with Crippen molar-refractivity contribution in [2.75, 3.05) is 19.0 Å². The van der Waals surface area contributed by atoms with Crippen molar-refractivity contribution < 1.29 is 9.66 Å². The third-order valence-corrected chi connectivity index (χ3v) is 2.85. The predicted molar refractivity (Wildman–Crippen MR) is 76.1 cm³/mol. The standard InChI is InChI=1S/C14H15N3O3/c1-20-12-6-4-11(5-7-12)8-10-15-13-3-2-9-16-14(13)17(18)19/h2-7,9,15H,8,10H2,1H3. The van der Waals surface area contributed by atoms with Crippen molar-refractivity contribution in [3.63, 3.8) is 0 Å². The zero-order valence-corrected chi connectivity index (χ0v) is 11.1. The Morgan fingerprint density at radius 1 is 1.30 bits per heavy atom. The molecule has 1 aromatic carbocycles. The molecule has 6 nitrogen and oxygen atoms in total. The summed E-state index contributed by atoms with van der Waals surface area (Å²) in [6, 6.07) is 11.0. The Hall–Kier alpha value is -2.63. The molecule has 6 heteroatoms. The quantitative estimate of drug-likeness (QED) is 0.646. The Labute approximate surface area is 116 Å². The van der Waals surface area contributed by atoms with E-state index in [0.717, 1.165) is 17.7 Å². The highest BCUT2D eigenvalue weighted by atomic mass is 16.6. The van der Waals surface area contributed by atoms with Gasteiger partial charge in [0.15, 0.2) is 0 Å². The van der Waals surface area contributed by atoms with Crippen LogP contribution in [0.4, 0.5) is 11.5 Å². The minimum absolute atomic E-state index is 0.151. The first-order valence-electron chi connectivity index (χ1n) is 6.17. The molecular weight excluding hydrogens is 258 g/mol. The van der Waals surface area contributed by atoms with Gasteiger partial charge in [-0.15, -0.1) is 0 Å². The SMILES string of the molecule is COc1ccc(CCNc2cccnc2[N+](=O)[O-])cc1. The number of anilines is 1. The number of nitrogens with zero attached hydrogens (tertiary/aromatic N) is 2. The van der Waals surface area contributed by atoms with Gasteiger partial charge < -0.3 is 20.2 Å². The van der Waals surface area contributed by atoms with E-state index < -0.39 is 4.92 Å². The van der Waals surface area contributed by atoms with Gasteiger partial charge in [-0.1, -0.05) is 12.1 Å². The van der Waals surface area contributed by atoms with Gasteiger partial charge in [0.1, 0.15) is 17.6 Å². The van der Waals surface area contributed by atoms with Gasteiger partial charge in [-0.3, -0.25) is 0 Å². The van der Waals surface area contributed by atoms with Gasteiger partial charge >= 0.3 is 5.82 Å². The van der Waals surface area contributed by atoms with Crippen LogP contribution in [0.3, 0.4) is 0 Å². The zero-order valence-electron chi connectivity index (χ0n) is 11.1. The highest BCUT2D eigenvalue weighted by molar-refractivity contribution is 5.56. The predicted octanol–water partition coefficient (Wildman–Crippen LogP) is 2.65. The maximum absolute atomic E-state index is 10.8. The van der Waals surface area contributed by atoms with Crippen LogP contribution in [-0.2, 0) is 6.42 Å². The fourth-order valence-electron chi connectivity index (χ4n) is 1.81. The number of methoxy groups -OCH3 is 1. The molecule has 0 amide bonds. The summed E-state index contributed by atoms with van der Waals surface area (Å²) in [5, 5.41) is 13.9. The highest BCUT2D eigenvalue weighted by Crippen LogP contribution is 2.20. The van der Waals surface area contributed by atoms with Crippen molar-refractivity contribution >= 4 is 11.5 Å². The fraction of sp³-hybridized carbons (Fsp3) is 0.214. The summed E-state index contributed by atoms with van der Waals surface area (Å²) < 4.78 is 5.09. The topological polar surface area (TPSA) is 77.3 Å². The first kappa shape index (κ1) is 13.8. The molecule has 0 spiro atoms. The Balaban J connectivity index is 1.94. The van der Waals surface area contributed by atoms with Gasteiger partial charge in [-0.2, -0.15) is 0 Å². The lowest BCUT2D eigenvalue weighted by Crippen LogP contribution is -2.07. The highest BCUT2D eigenvalue weighted by Gasteiger charge is 2.12. The van der Waals surface area contributed by atoms with E-state index >= 15 is 0 Å². The van der Waals surface area contributed by atoms with E-state index in [1.165, 1.54) is 6.20 Å². The lowest BCUT2D eigenvalue weighted by Gasteiger charge is -2.07. The largest absolute Gasteiger partial charge is 0.497 e. The average molecular weight is 273 g/mol. The number of pyridine rings is 1. The van der Waals surface area contributed by atoms with Gasteiger partial charge in [0.2, 0.25) is 0 Å². The van der Waals surface area contributed by atoms with Crippen LogP contribution in [0.25, 0.3) is 0 Å². The maximum atomic E-state index is 10.8.